The van der Waals surface area contributed by atoms with Crippen LogP contribution >= 0.6 is 11.3 Å². The summed E-state index contributed by atoms with van der Waals surface area (Å²) in [5.41, 5.74) is 7.00. The van der Waals surface area contributed by atoms with Crippen molar-refractivity contribution < 1.29 is 5.11 Å². The van der Waals surface area contributed by atoms with Crippen LogP contribution in [-0.4, -0.2) is 33.7 Å². The van der Waals surface area contributed by atoms with E-state index in [0.29, 0.717) is 12.6 Å². The van der Waals surface area contributed by atoms with Gasteiger partial charge >= 0.3 is 0 Å². The normalized spacial score (nSPS) is 15.9. The smallest absolute Gasteiger partial charge is 0.195 e. The van der Waals surface area contributed by atoms with E-state index in [0.717, 1.165) is 29.4 Å². The molecule has 0 spiro atoms. The number of imidazole rings is 1. The Hall–Kier alpha value is -1.11. The van der Waals surface area contributed by atoms with Crippen molar-refractivity contribution in [1.82, 2.24) is 9.38 Å². The summed E-state index contributed by atoms with van der Waals surface area (Å²) in [4.78, 5) is 8.10. The molecule has 0 unspecified atom stereocenters. The van der Waals surface area contributed by atoms with Crippen molar-refractivity contribution in [2.75, 3.05) is 18.1 Å². The van der Waals surface area contributed by atoms with Crippen molar-refractivity contribution in [1.29, 1.82) is 0 Å². The van der Waals surface area contributed by atoms with Gasteiger partial charge in [0.15, 0.2) is 10.8 Å². The number of fused-ring (bicyclic) bond motifs is 1. The third-order valence-corrected chi connectivity index (χ3v) is 4.63. The van der Waals surface area contributed by atoms with E-state index in [9.17, 15) is 0 Å². The molecule has 0 amide bonds. The van der Waals surface area contributed by atoms with E-state index in [1.54, 1.807) is 11.3 Å². The summed E-state index contributed by atoms with van der Waals surface area (Å²) < 4.78 is 2.09. The Morgan fingerprint density at radius 3 is 3.00 bits per heavy atom. The summed E-state index contributed by atoms with van der Waals surface area (Å²) in [5, 5.41) is 11.1. The van der Waals surface area contributed by atoms with Gasteiger partial charge in [-0.05, 0) is 25.7 Å². The standard InChI is InChI=1S/C13H20N4OS/c14-9-11-12(15-13-17(11)6-8-19-13)16(5-2-7-18)10-3-1-4-10/h6,8,10,18H,1-5,7,9,14H2. The van der Waals surface area contributed by atoms with Crippen LogP contribution in [0.2, 0.25) is 0 Å². The Balaban J connectivity index is 1.95. The Bertz CT molecular complexity index is 546. The zero-order valence-corrected chi connectivity index (χ0v) is 11.8. The highest BCUT2D eigenvalue weighted by Crippen LogP contribution is 2.32. The maximum atomic E-state index is 9.09. The van der Waals surface area contributed by atoms with Crippen LogP contribution in [0.4, 0.5) is 5.82 Å². The minimum atomic E-state index is 0.226. The van der Waals surface area contributed by atoms with Gasteiger partial charge in [-0.25, -0.2) is 4.98 Å². The lowest BCUT2D eigenvalue weighted by atomic mass is 9.91. The molecule has 0 bridgehead atoms. The molecule has 2 aromatic heterocycles. The molecule has 1 aliphatic carbocycles. The molecular formula is C13H20N4OS. The van der Waals surface area contributed by atoms with Crippen LogP contribution in [0.25, 0.3) is 4.96 Å². The maximum absolute atomic E-state index is 9.09. The number of anilines is 1. The molecule has 2 heterocycles. The number of hydrogen-bond donors (Lipinski definition) is 2. The van der Waals surface area contributed by atoms with E-state index in [4.69, 9.17) is 15.8 Å². The monoisotopic (exact) mass is 280 g/mol. The minimum Gasteiger partial charge on any atom is -0.396 e. The fraction of sp³-hybridized carbons (Fsp3) is 0.615. The Morgan fingerprint density at radius 1 is 1.53 bits per heavy atom. The zero-order valence-electron chi connectivity index (χ0n) is 11.0. The van der Waals surface area contributed by atoms with E-state index in [1.165, 1.54) is 19.3 Å². The molecule has 3 N–H and O–H groups in total. The Labute approximate surface area is 116 Å². The molecule has 5 nitrogen and oxygen atoms in total. The molecule has 0 aromatic carbocycles. The predicted octanol–water partition coefficient (Wildman–Crippen LogP) is 1.60. The van der Waals surface area contributed by atoms with Gasteiger partial charge in [0.2, 0.25) is 0 Å². The lowest BCUT2D eigenvalue weighted by Crippen LogP contribution is -2.42. The van der Waals surface area contributed by atoms with Crippen LogP contribution in [0.3, 0.4) is 0 Å². The van der Waals surface area contributed by atoms with Gasteiger partial charge in [0, 0.05) is 37.3 Å². The van der Waals surface area contributed by atoms with E-state index in [2.05, 4.69) is 9.30 Å². The van der Waals surface area contributed by atoms with Crippen molar-refractivity contribution in [3.8, 4) is 0 Å². The lowest BCUT2D eigenvalue weighted by Gasteiger charge is -2.38. The van der Waals surface area contributed by atoms with E-state index in [-0.39, 0.29) is 6.61 Å². The number of aliphatic hydroxyl groups excluding tert-OH is 1. The Kier molecular flexibility index (Phi) is 3.72. The molecule has 3 rings (SSSR count). The zero-order chi connectivity index (χ0) is 13.2. The summed E-state index contributed by atoms with van der Waals surface area (Å²) >= 11 is 1.64. The van der Waals surface area contributed by atoms with Crippen LogP contribution in [0.1, 0.15) is 31.4 Å². The van der Waals surface area contributed by atoms with Gasteiger partial charge in [0.1, 0.15) is 0 Å². The molecule has 1 aliphatic rings. The summed E-state index contributed by atoms with van der Waals surface area (Å²) in [5.74, 6) is 1.02. The summed E-state index contributed by atoms with van der Waals surface area (Å²) in [6, 6.07) is 0.571. The average molecular weight is 280 g/mol. The number of rotatable bonds is 6. The number of thiazole rings is 1. The van der Waals surface area contributed by atoms with Crippen LogP contribution in [0.5, 0.6) is 0 Å². The number of aromatic nitrogens is 2. The third kappa shape index (κ3) is 2.24. The molecule has 0 radical (unpaired) electrons. The van der Waals surface area contributed by atoms with Crippen molar-refractivity contribution >= 4 is 22.1 Å². The topological polar surface area (TPSA) is 66.8 Å². The second-order valence-electron chi connectivity index (χ2n) is 5.00. The Morgan fingerprint density at radius 2 is 2.37 bits per heavy atom. The van der Waals surface area contributed by atoms with Crippen molar-refractivity contribution in [3.05, 3.63) is 17.3 Å². The number of aliphatic hydroxyl groups is 1. The molecule has 104 valence electrons. The van der Waals surface area contributed by atoms with Gasteiger partial charge in [-0.1, -0.05) is 0 Å². The SMILES string of the molecule is NCc1c(N(CCCO)C2CCC2)nc2sccn12. The number of hydrogen-bond acceptors (Lipinski definition) is 5. The molecule has 0 aliphatic heterocycles. The van der Waals surface area contributed by atoms with Gasteiger partial charge in [-0.2, -0.15) is 0 Å². The molecule has 6 heteroatoms. The van der Waals surface area contributed by atoms with Crippen molar-refractivity contribution in [2.24, 2.45) is 5.73 Å². The van der Waals surface area contributed by atoms with Gasteiger partial charge in [0.25, 0.3) is 0 Å². The second-order valence-corrected chi connectivity index (χ2v) is 5.87. The first-order chi connectivity index (χ1) is 9.35. The highest BCUT2D eigenvalue weighted by atomic mass is 32.1. The molecule has 1 saturated carbocycles. The summed E-state index contributed by atoms with van der Waals surface area (Å²) in [6.45, 7) is 1.58. The third-order valence-electron chi connectivity index (χ3n) is 3.88. The molecule has 0 atom stereocenters. The van der Waals surface area contributed by atoms with Crippen LogP contribution in [0, 0.1) is 0 Å². The van der Waals surface area contributed by atoms with Gasteiger partial charge in [-0.3, -0.25) is 4.40 Å². The molecule has 2 aromatic rings. The molecule has 19 heavy (non-hydrogen) atoms. The molecular weight excluding hydrogens is 260 g/mol. The maximum Gasteiger partial charge on any atom is 0.195 e. The van der Waals surface area contributed by atoms with Gasteiger partial charge < -0.3 is 15.7 Å². The molecule has 1 fully saturated rings. The molecule has 0 saturated heterocycles. The number of nitrogens with zero attached hydrogens (tertiary/aromatic N) is 3. The largest absolute Gasteiger partial charge is 0.396 e. The second kappa shape index (κ2) is 5.48. The van der Waals surface area contributed by atoms with E-state index < -0.39 is 0 Å². The lowest BCUT2D eigenvalue weighted by molar-refractivity contribution is 0.282. The van der Waals surface area contributed by atoms with Crippen molar-refractivity contribution in [2.45, 2.75) is 38.3 Å². The first-order valence-electron chi connectivity index (χ1n) is 6.87. The fourth-order valence-electron chi connectivity index (χ4n) is 2.64. The highest BCUT2D eigenvalue weighted by Gasteiger charge is 2.28. The quantitative estimate of drug-likeness (QED) is 0.843. The van der Waals surface area contributed by atoms with Crippen LogP contribution < -0.4 is 10.6 Å². The first-order valence-corrected chi connectivity index (χ1v) is 7.75. The van der Waals surface area contributed by atoms with Crippen LogP contribution in [0.15, 0.2) is 11.6 Å². The number of nitrogens with two attached hydrogens (primary N) is 1. The fourth-order valence-corrected chi connectivity index (χ4v) is 3.37. The highest BCUT2D eigenvalue weighted by molar-refractivity contribution is 7.15. The minimum absolute atomic E-state index is 0.226. The van der Waals surface area contributed by atoms with E-state index in [1.807, 2.05) is 11.6 Å². The van der Waals surface area contributed by atoms with E-state index >= 15 is 0 Å². The average Bonchev–Trinajstić information content (AvgIpc) is 2.91. The summed E-state index contributed by atoms with van der Waals surface area (Å²) in [7, 11) is 0. The van der Waals surface area contributed by atoms with Gasteiger partial charge in [-0.15, -0.1) is 11.3 Å². The van der Waals surface area contributed by atoms with Crippen LogP contribution in [-0.2, 0) is 6.54 Å². The first kappa shape index (κ1) is 12.9. The van der Waals surface area contributed by atoms with Crippen molar-refractivity contribution in [3.63, 3.8) is 0 Å². The van der Waals surface area contributed by atoms with Gasteiger partial charge in [0.05, 0.1) is 5.69 Å². The summed E-state index contributed by atoms with van der Waals surface area (Å²) in [6.07, 6.45) is 6.55. The predicted molar refractivity (Wildman–Crippen MR) is 77.6 cm³/mol.